The molecule has 0 radical (unpaired) electrons. The van der Waals surface area contributed by atoms with Crippen molar-refractivity contribution in [3.05, 3.63) is 9.68 Å². The second kappa shape index (κ2) is 3.85. The molecule has 7 heteroatoms. The summed E-state index contributed by atoms with van der Waals surface area (Å²) in [5.41, 5.74) is 5.72. The van der Waals surface area contributed by atoms with Gasteiger partial charge in [-0.2, -0.15) is 4.98 Å². The molecule has 1 heterocycles. The van der Waals surface area contributed by atoms with E-state index in [2.05, 4.69) is 20.1 Å². The Labute approximate surface area is 78.9 Å². The van der Waals surface area contributed by atoms with Gasteiger partial charge in [0.2, 0.25) is 10.6 Å². The molecule has 1 aromatic rings. The molecule has 0 aliphatic rings. The topological polar surface area (TPSA) is 96.5 Å². The number of nitrogens with zero attached hydrogens (tertiary/aromatic N) is 3. The average molecular weight is 197 g/mol. The smallest absolute Gasteiger partial charge is 0.228 e. The highest BCUT2D eigenvalue weighted by molar-refractivity contribution is 7.71. The van der Waals surface area contributed by atoms with E-state index in [0.29, 0.717) is 0 Å². The number of hydrogen-bond donors (Lipinski definition) is 2. The minimum atomic E-state index is -0.0978. The quantitative estimate of drug-likeness (QED) is 0.429. The predicted molar refractivity (Wildman–Crippen MR) is 53.1 cm³/mol. The first kappa shape index (κ1) is 9.46. The highest BCUT2D eigenvalue weighted by atomic mass is 32.1. The average Bonchev–Trinajstić information content (AvgIpc) is 2.09. The summed E-state index contributed by atoms with van der Waals surface area (Å²) in [4.78, 5) is 20.4. The molecular formula is C6H7N5OS. The fraction of sp³-hybridized carbons (Fsp3) is 0.167. The molecule has 0 amide bonds. The summed E-state index contributed by atoms with van der Waals surface area (Å²) in [5.74, 6) is 0.0899. The molecular weight excluding hydrogens is 190 g/mol. The molecule has 0 bridgehead atoms. The molecule has 0 saturated heterocycles. The lowest BCUT2D eigenvalue weighted by Crippen LogP contribution is -1.93. The van der Waals surface area contributed by atoms with Crippen LogP contribution < -0.4 is 5.73 Å². The summed E-state index contributed by atoms with van der Waals surface area (Å²) in [6, 6.07) is 0. The lowest BCUT2D eigenvalue weighted by Gasteiger charge is -1.99. The van der Waals surface area contributed by atoms with Crippen LogP contribution in [0.1, 0.15) is 6.92 Å². The predicted octanol–water partition coefficient (Wildman–Crippen LogP) is 1.84. The van der Waals surface area contributed by atoms with E-state index in [4.69, 9.17) is 18.0 Å². The van der Waals surface area contributed by atoms with Gasteiger partial charge in [0.15, 0.2) is 5.69 Å². The normalized spacial score (nSPS) is 10.5. The van der Waals surface area contributed by atoms with E-state index >= 15 is 0 Å². The number of hydrogen-bond acceptors (Lipinski definition) is 6. The molecule has 13 heavy (non-hydrogen) atoms. The molecule has 0 aliphatic heterocycles. The third-order valence-corrected chi connectivity index (χ3v) is 1.45. The summed E-state index contributed by atoms with van der Waals surface area (Å²) in [5, 5.41) is 2.67. The molecule has 1 rings (SSSR count). The van der Waals surface area contributed by atoms with Crippen molar-refractivity contribution in [3.63, 3.8) is 0 Å². The fourth-order valence-electron chi connectivity index (χ4n) is 0.792. The van der Waals surface area contributed by atoms with E-state index in [0.717, 1.165) is 0 Å². The van der Waals surface area contributed by atoms with Crippen LogP contribution in [-0.2, 0) is 0 Å². The molecule has 0 atom stereocenters. The Morgan fingerprint density at radius 3 is 2.92 bits per heavy atom. The lowest BCUT2D eigenvalue weighted by molar-refractivity contribution is 1.12. The molecule has 68 valence electrons. The third-order valence-electron chi connectivity index (χ3n) is 1.26. The van der Waals surface area contributed by atoms with Crippen molar-refractivity contribution in [2.75, 3.05) is 5.73 Å². The first-order valence-corrected chi connectivity index (χ1v) is 3.81. The molecule has 1 aromatic heterocycles. The van der Waals surface area contributed by atoms with Crippen LogP contribution >= 0.6 is 12.2 Å². The van der Waals surface area contributed by atoms with Gasteiger partial charge >= 0.3 is 0 Å². The maximum absolute atomic E-state index is 10.3. The van der Waals surface area contributed by atoms with Crippen molar-refractivity contribution in [2.45, 2.75) is 6.92 Å². The first-order valence-electron chi connectivity index (χ1n) is 3.41. The summed E-state index contributed by atoms with van der Waals surface area (Å²) in [6.45, 7) is 1.69. The van der Waals surface area contributed by atoms with Gasteiger partial charge in [-0.3, -0.25) is 4.99 Å². The number of aromatic amines is 1. The number of H-pyrrole nitrogens is 1. The van der Waals surface area contributed by atoms with Crippen molar-refractivity contribution < 1.29 is 0 Å². The van der Waals surface area contributed by atoms with Crippen molar-refractivity contribution in [1.82, 2.24) is 9.97 Å². The van der Waals surface area contributed by atoms with Crippen LogP contribution in [0.15, 0.2) is 10.2 Å². The van der Waals surface area contributed by atoms with Gasteiger partial charge in [-0.25, -0.2) is 0 Å². The van der Waals surface area contributed by atoms with Crippen LogP contribution in [0.3, 0.4) is 0 Å². The Hall–Kier alpha value is -1.63. The van der Waals surface area contributed by atoms with Crippen LogP contribution in [-0.4, -0.2) is 16.2 Å². The van der Waals surface area contributed by atoms with Crippen molar-refractivity contribution in [2.24, 2.45) is 10.2 Å². The second-order valence-corrected chi connectivity index (χ2v) is 2.49. The zero-order chi connectivity index (χ0) is 9.84. The Balaban J connectivity index is 3.46. The Kier molecular flexibility index (Phi) is 2.80. The number of aliphatic imine (C=N–C) groups is 1. The van der Waals surface area contributed by atoms with Gasteiger partial charge in [0.1, 0.15) is 5.82 Å². The Bertz CT molecular complexity index is 410. The number of nitrogens with two attached hydrogens (primary N) is 1. The Morgan fingerprint density at radius 1 is 1.69 bits per heavy atom. The maximum Gasteiger partial charge on any atom is 0.228 e. The molecule has 0 aliphatic carbocycles. The van der Waals surface area contributed by atoms with Crippen LogP contribution in [0.25, 0.3) is 0 Å². The third kappa shape index (κ3) is 1.94. The SMILES string of the molecule is CC=Nc1c(N=O)nc(=S)[nH]c1N. The van der Waals surface area contributed by atoms with E-state index in [1.807, 2.05) is 0 Å². The minimum absolute atomic E-state index is 0.0978. The van der Waals surface area contributed by atoms with Gasteiger partial charge in [0, 0.05) is 6.21 Å². The summed E-state index contributed by atoms with van der Waals surface area (Å²) < 4.78 is 0.113. The van der Waals surface area contributed by atoms with Crippen molar-refractivity contribution >= 4 is 35.8 Å². The molecule has 0 fully saturated rings. The molecule has 3 N–H and O–H groups in total. The monoisotopic (exact) mass is 197 g/mol. The number of nitrogens with one attached hydrogen (secondary N) is 1. The number of nitrogen functional groups attached to an aromatic ring is 1. The van der Waals surface area contributed by atoms with Crippen molar-refractivity contribution in [3.8, 4) is 0 Å². The van der Waals surface area contributed by atoms with Crippen molar-refractivity contribution in [1.29, 1.82) is 0 Å². The van der Waals surface area contributed by atoms with E-state index in [1.54, 1.807) is 6.92 Å². The van der Waals surface area contributed by atoms with E-state index in [1.165, 1.54) is 6.21 Å². The van der Waals surface area contributed by atoms with E-state index in [9.17, 15) is 4.91 Å². The standard InChI is InChI=1S/C6H7N5OS/c1-2-8-3-4(7)9-6(13)10-5(3)11-12/h2H,1H3,(H3,7,9,10,13). The lowest BCUT2D eigenvalue weighted by atomic mass is 10.4. The van der Waals surface area contributed by atoms with E-state index < -0.39 is 0 Å². The number of aromatic nitrogens is 2. The second-order valence-electron chi connectivity index (χ2n) is 2.11. The van der Waals surface area contributed by atoms with Gasteiger partial charge in [0.25, 0.3) is 0 Å². The highest BCUT2D eigenvalue weighted by Crippen LogP contribution is 2.29. The van der Waals surface area contributed by atoms with E-state index in [-0.39, 0.29) is 22.1 Å². The van der Waals surface area contributed by atoms with Crippen LogP contribution in [0.5, 0.6) is 0 Å². The van der Waals surface area contributed by atoms with Gasteiger partial charge in [0.05, 0.1) is 0 Å². The molecule has 0 unspecified atom stereocenters. The molecule has 0 aromatic carbocycles. The zero-order valence-electron chi connectivity index (χ0n) is 6.81. The molecule has 0 saturated carbocycles. The highest BCUT2D eigenvalue weighted by Gasteiger charge is 2.07. The van der Waals surface area contributed by atoms with Gasteiger partial charge in [-0.1, -0.05) is 0 Å². The number of rotatable bonds is 2. The Morgan fingerprint density at radius 2 is 2.38 bits per heavy atom. The number of anilines is 1. The van der Waals surface area contributed by atoms with Crippen LogP contribution in [0.2, 0.25) is 0 Å². The zero-order valence-corrected chi connectivity index (χ0v) is 7.63. The van der Waals surface area contributed by atoms with Gasteiger partial charge in [-0.05, 0) is 24.3 Å². The van der Waals surface area contributed by atoms with Gasteiger partial charge < -0.3 is 10.7 Å². The number of nitroso groups, excluding NO2 is 1. The first-order chi connectivity index (χ1) is 6.19. The largest absolute Gasteiger partial charge is 0.383 e. The summed E-state index contributed by atoms with van der Waals surface area (Å²) >= 11 is 4.70. The minimum Gasteiger partial charge on any atom is -0.383 e. The van der Waals surface area contributed by atoms with Crippen LogP contribution in [0, 0.1) is 9.68 Å². The maximum atomic E-state index is 10.3. The summed E-state index contributed by atoms with van der Waals surface area (Å²) in [6.07, 6.45) is 1.49. The molecule has 6 nitrogen and oxygen atoms in total. The van der Waals surface area contributed by atoms with Gasteiger partial charge in [-0.15, -0.1) is 4.91 Å². The fourth-order valence-corrected chi connectivity index (χ4v) is 0.988. The summed E-state index contributed by atoms with van der Waals surface area (Å²) in [7, 11) is 0. The molecule has 0 spiro atoms. The van der Waals surface area contributed by atoms with Crippen LogP contribution in [0.4, 0.5) is 17.3 Å².